The molecule has 1 aliphatic heterocycles. The zero-order valence-corrected chi connectivity index (χ0v) is 11.8. The van der Waals surface area contributed by atoms with E-state index >= 15 is 0 Å². The van der Waals surface area contributed by atoms with Crippen LogP contribution < -0.4 is 0 Å². The van der Waals surface area contributed by atoms with Crippen molar-refractivity contribution in [2.75, 3.05) is 19.8 Å². The molecule has 0 bridgehead atoms. The Bertz CT molecular complexity index is 524. The van der Waals surface area contributed by atoms with E-state index in [2.05, 4.69) is 0 Å². The number of hydrogen-bond acceptors (Lipinski definition) is 3. The van der Waals surface area contributed by atoms with Gasteiger partial charge in [0.1, 0.15) is 0 Å². The summed E-state index contributed by atoms with van der Waals surface area (Å²) >= 11 is 0. The summed E-state index contributed by atoms with van der Waals surface area (Å²) in [5.74, 6) is -1.07. The first kappa shape index (κ1) is 14.5. The van der Waals surface area contributed by atoms with Gasteiger partial charge < -0.3 is 14.7 Å². The number of benzene rings is 1. The second-order valence-corrected chi connectivity index (χ2v) is 5.55. The molecular formula is C15H19NO4. The summed E-state index contributed by atoms with van der Waals surface area (Å²) in [7, 11) is 0. The Kier molecular flexibility index (Phi) is 4.09. The molecule has 1 saturated heterocycles. The number of carboxylic acids is 1. The van der Waals surface area contributed by atoms with Gasteiger partial charge in [-0.2, -0.15) is 0 Å². The normalized spacial score (nSPS) is 17.8. The molecule has 1 amide bonds. The lowest BCUT2D eigenvalue weighted by Gasteiger charge is -2.42. The quantitative estimate of drug-likeness (QED) is 0.910. The van der Waals surface area contributed by atoms with Crippen LogP contribution in [0.4, 0.5) is 0 Å². The zero-order chi connectivity index (χ0) is 14.8. The highest BCUT2D eigenvalue weighted by Crippen LogP contribution is 2.21. The molecule has 1 aromatic rings. The van der Waals surface area contributed by atoms with Crippen molar-refractivity contribution in [1.82, 2.24) is 4.90 Å². The van der Waals surface area contributed by atoms with Crippen molar-refractivity contribution < 1.29 is 19.4 Å². The van der Waals surface area contributed by atoms with E-state index < -0.39 is 5.97 Å². The number of aromatic carboxylic acids is 1. The Labute approximate surface area is 118 Å². The fourth-order valence-corrected chi connectivity index (χ4v) is 2.46. The molecule has 0 unspecified atom stereocenters. The van der Waals surface area contributed by atoms with Crippen LogP contribution in [0.25, 0.3) is 0 Å². The second-order valence-electron chi connectivity index (χ2n) is 5.55. The van der Waals surface area contributed by atoms with Crippen LogP contribution in [-0.4, -0.2) is 47.2 Å². The summed E-state index contributed by atoms with van der Waals surface area (Å²) in [5, 5.41) is 9.15. The highest BCUT2D eigenvalue weighted by molar-refractivity contribution is 5.91. The first-order chi connectivity index (χ1) is 9.42. The largest absolute Gasteiger partial charge is 0.478 e. The van der Waals surface area contributed by atoms with Gasteiger partial charge in [0.15, 0.2) is 0 Å². The van der Waals surface area contributed by atoms with Gasteiger partial charge in [-0.3, -0.25) is 4.79 Å². The van der Waals surface area contributed by atoms with Crippen LogP contribution in [0.15, 0.2) is 24.3 Å². The maximum Gasteiger partial charge on any atom is 0.335 e. The van der Waals surface area contributed by atoms with E-state index in [9.17, 15) is 9.59 Å². The molecule has 1 fully saturated rings. The van der Waals surface area contributed by atoms with Gasteiger partial charge >= 0.3 is 5.97 Å². The fraction of sp³-hybridized carbons (Fsp3) is 0.467. The lowest BCUT2D eigenvalue weighted by Crippen LogP contribution is -2.56. The van der Waals surface area contributed by atoms with Crippen LogP contribution in [0.5, 0.6) is 0 Å². The van der Waals surface area contributed by atoms with E-state index in [0.717, 1.165) is 0 Å². The van der Waals surface area contributed by atoms with Crippen LogP contribution in [0.2, 0.25) is 0 Å². The average Bonchev–Trinajstić information content (AvgIpc) is 2.38. The standard InChI is InChI=1S/C15H19NO4/c1-15(2)10-20-8-7-16(15)13(17)9-11-5-3-4-6-12(11)14(18)19/h3-6H,7-10H2,1-2H3,(H,18,19). The maximum atomic E-state index is 12.4. The number of nitrogens with zero attached hydrogens (tertiary/aromatic N) is 1. The van der Waals surface area contributed by atoms with Crippen LogP contribution >= 0.6 is 0 Å². The third-order valence-electron chi connectivity index (χ3n) is 3.54. The summed E-state index contributed by atoms with van der Waals surface area (Å²) in [6, 6.07) is 6.62. The second kappa shape index (κ2) is 5.63. The number of hydrogen-bond donors (Lipinski definition) is 1. The van der Waals surface area contributed by atoms with E-state index in [4.69, 9.17) is 9.84 Å². The molecule has 0 aromatic heterocycles. The van der Waals surface area contributed by atoms with E-state index in [0.29, 0.717) is 25.3 Å². The van der Waals surface area contributed by atoms with E-state index in [-0.39, 0.29) is 23.4 Å². The Morgan fingerprint density at radius 2 is 2.05 bits per heavy atom. The monoisotopic (exact) mass is 277 g/mol. The van der Waals surface area contributed by atoms with Crippen LogP contribution in [0, 0.1) is 0 Å². The summed E-state index contributed by atoms with van der Waals surface area (Å²) in [6.45, 7) is 5.47. The minimum atomic E-state index is -1.00. The highest BCUT2D eigenvalue weighted by Gasteiger charge is 2.34. The fourth-order valence-electron chi connectivity index (χ4n) is 2.46. The highest BCUT2D eigenvalue weighted by atomic mass is 16.5. The van der Waals surface area contributed by atoms with E-state index in [1.54, 1.807) is 23.1 Å². The van der Waals surface area contributed by atoms with Gasteiger partial charge in [-0.1, -0.05) is 18.2 Å². The van der Waals surface area contributed by atoms with Gasteiger partial charge in [-0.25, -0.2) is 4.79 Å². The van der Waals surface area contributed by atoms with Gasteiger partial charge in [0, 0.05) is 6.54 Å². The van der Waals surface area contributed by atoms with Crippen molar-refractivity contribution in [1.29, 1.82) is 0 Å². The molecule has 0 spiro atoms. The number of carboxylic acid groups (broad SMARTS) is 1. The van der Waals surface area contributed by atoms with Gasteiger partial charge in [0.05, 0.1) is 30.7 Å². The molecule has 108 valence electrons. The predicted molar refractivity (Wildman–Crippen MR) is 73.7 cm³/mol. The molecule has 20 heavy (non-hydrogen) atoms. The van der Waals surface area contributed by atoms with Crippen molar-refractivity contribution in [3.05, 3.63) is 35.4 Å². The summed E-state index contributed by atoms with van der Waals surface area (Å²) < 4.78 is 5.39. The summed E-state index contributed by atoms with van der Waals surface area (Å²) in [4.78, 5) is 25.4. The van der Waals surface area contributed by atoms with Crippen LogP contribution in [-0.2, 0) is 16.0 Å². The van der Waals surface area contributed by atoms with Crippen molar-refractivity contribution in [2.45, 2.75) is 25.8 Å². The number of amides is 1. The minimum absolute atomic E-state index is 0.0630. The Morgan fingerprint density at radius 1 is 1.35 bits per heavy atom. The number of rotatable bonds is 3. The first-order valence-corrected chi connectivity index (χ1v) is 6.61. The Morgan fingerprint density at radius 3 is 2.70 bits per heavy atom. The molecule has 0 radical (unpaired) electrons. The van der Waals surface area contributed by atoms with Crippen molar-refractivity contribution in [3.8, 4) is 0 Å². The molecule has 1 aliphatic rings. The number of ether oxygens (including phenoxy) is 1. The smallest absolute Gasteiger partial charge is 0.335 e. The van der Waals surface area contributed by atoms with Gasteiger partial charge in [-0.05, 0) is 25.5 Å². The Balaban J connectivity index is 2.18. The third kappa shape index (κ3) is 2.99. The van der Waals surface area contributed by atoms with Gasteiger partial charge in [0.25, 0.3) is 0 Å². The molecule has 2 rings (SSSR count). The van der Waals surface area contributed by atoms with Crippen LogP contribution in [0.3, 0.4) is 0 Å². The predicted octanol–water partition coefficient (Wildman–Crippen LogP) is 1.56. The van der Waals surface area contributed by atoms with Gasteiger partial charge in [-0.15, -0.1) is 0 Å². The molecule has 1 aromatic carbocycles. The summed E-state index contributed by atoms with van der Waals surface area (Å²) in [5.41, 5.74) is 0.382. The first-order valence-electron chi connectivity index (χ1n) is 6.61. The maximum absolute atomic E-state index is 12.4. The summed E-state index contributed by atoms with van der Waals surface area (Å²) in [6.07, 6.45) is 0.103. The molecule has 1 N–H and O–H groups in total. The molecule has 5 nitrogen and oxygen atoms in total. The SMILES string of the molecule is CC1(C)COCCN1C(=O)Cc1ccccc1C(=O)O. The lowest BCUT2D eigenvalue weighted by molar-refractivity contribution is -0.145. The topological polar surface area (TPSA) is 66.8 Å². The zero-order valence-electron chi connectivity index (χ0n) is 11.8. The Hall–Kier alpha value is -1.88. The molecule has 0 aliphatic carbocycles. The minimum Gasteiger partial charge on any atom is -0.478 e. The van der Waals surface area contributed by atoms with E-state index in [1.807, 2.05) is 13.8 Å². The lowest BCUT2D eigenvalue weighted by atomic mass is 9.99. The number of carbonyl (C=O) groups is 2. The molecule has 0 atom stereocenters. The third-order valence-corrected chi connectivity index (χ3v) is 3.54. The van der Waals surface area contributed by atoms with Crippen LogP contribution in [0.1, 0.15) is 29.8 Å². The molecule has 1 heterocycles. The number of carbonyl (C=O) groups excluding carboxylic acids is 1. The number of morpholine rings is 1. The van der Waals surface area contributed by atoms with E-state index in [1.165, 1.54) is 6.07 Å². The molecule has 5 heteroatoms. The van der Waals surface area contributed by atoms with Crippen molar-refractivity contribution in [3.63, 3.8) is 0 Å². The molecule has 0 saturated carbocycles. The molecular weight excluding hydrogens is 258 g/mol. The van der Waals surface area contributed by atoms with Crippen molar-refractivity contribution >= 4 is 11.9 Å². The average molecular weight is 277 g/mol. The van der Waals surface area contributed by atoms with Gasteiger partial charge in [0.2, 0.25) is 5.91 Å². The van der Waals surface area contributed by atoms with Crippen molar-refractivity contribution in [2.24, 2.45) is 0 Å².